The van der Waals surface area contributed by atoms with Gasteiger partial charge in [-0.15, -0.1) is 24.0 Å². The van der Waals surface area contributed by atoms with Crippen molar-refractivity contribution in [3.63, 3.8) is 0 Å². The largest absolute Gasteiger partial charge is 0.338 e. The second-order valence-electron chi connectivity index (χ2n) is 7.91. The summed E-state index contributed by atoms with van der Waals surface area (Å²) in [7, 11) is 0. The highest BCUT2D eigenvalue weighted by molar-refractivity contribution is 14.0. The molecule has 0 aliphatic heterocycles. The molecule has 4 nitrogen and oxygen atoms in total. The number of carbonyl (C=O) groups is 1. The zero-order chi connectivity index (χ0) is 22.4. The van der Waals surface area contributed by atoms with Crippen LogP contribution in [0.3, 0.4) is 0 Å². The summed E-state index contributed by atoms with van der Waals surface area (Å²) in [5, 5.41) is 6.59. The summed E-state index contributed by atoms with van der Waals surface area (Å²) in [5.74, 6) is 0. The molecule has 3 rings (SSSR count). The number of hydrogen-bond acceptors (Lipinski definition) is 2. The highest BCUT2D eigenvalue weighted by atomic mass is 127. The van der Waals surface area contributed by atoms with Crippen LogP contribution in [-0.4, -0.2) is 37.1 Å². The van der Waals surface area contributed by atoms with Crippen LogP contribution in [0, 0.1) is 0 Å². The number of urea groups is 1. The minimum absolute atomic E-state index is 0. The molecule has 3 aromatic rings. The van der Waals surface area contributed by atoms with E-state index in [2.05, 4.69) is 58.0 Å². The van der Waals surface area contributed by atoms with Crippen LogP contribution >= 0.6 is 35.6 Å². The topological polar surface area (TPSA) is 44.4 Å². The molecule has 0 radical (unpaired) electrons. The summed E-state index contributed by atoms with van der Waals surface area (Å²) in [5.41, 5.74) is 3.47. The van der Waals surface area contributed by atoms with Crippen LogP contribution in [0.1, 0.15) is 24.0 Å². The fraction of sp³-hybridized carbons (Fsp3) is 0.296. The summed E-state index contributed by atoms with van der Waals surface area (Å²) >= 11 is 6.01. The Kier molecular flexibility index (Phi) is 12.9. The first-order chi connectivity index (χ1) is 15.7. The summed E-state index contributed by atoms with van der Waals surface area (Å²) < 4.78 is 0. The highest BCUT2D eigenvalue weighted by Gasteiger charge is 2.07. The number of benzene rings is 3. The van der Waals surface area contributed by atoms with Crippen LogP contribution in [0.5, 0.6) is 0 Å². The third-order valence-corrected chi connectivity index (χ3v) is 5.63. The Morgan fingerprint density at radius 3 is 2.03 bits per heavy atom. The van der Waals surface area contributed by atoms with Gasteiger partial charge in [-0.3, -0.25) is 0 Å². The Hall–Kier alpha value is -2.09. The number of hydrogen-bond donors (Lipinski definition) is 2. The van der Waals surface area contributed by atoms with Crippen molar-refractivity contribution in [1.29, 1.82) is 0 Å². The number of rotatable bonds is 12. The molecule has 0 unspecified atom stereocenters. The molecular weight excluding hydrogens is 545 g/mol. The monoisotopic (exact) mass is 577 g/mol. The molecular formula is C27H33ClIN3O. The standard InChI is InChI=1S/C27H32ClN3O.HI/c28-25-16-14-24(15-17-25)18-22-31(20-7-11-23-9-3-1-4-10-23)21-8-19-29-27(32)30-26-12-5-2-6-13-26;/h1-6,9-10,12-17H,7-8,11,18-22H2,(H2,29,30,32);1H. The maximum absolute atomic E-state index is 12.1. The molecule has 0 aromatic heterocycles. The van der Waals surface area contributed by atoms with Crippen molar-refractivity contribution >= 4 is 47.3 Å². The molecule has 6 heteroatoms. The van der Waals surface area contributed by atoms with Crippen LogP contribution in [0.15, 0.2) is 84.9 Å². The minimum atomic E-state index is -0.159. The molecule has 0 aliphatic carbocycles. The molecule has 0 bridgehead atoms. The molecule has 0 saturated carbocycles. The van der Waals surface area contributed by atoms with Gasteiger partial charge in [0, 0.05) is 23.8 Å². The number of nitrogens with zero attached hydrogens (tertiary/aromatic N) is 1. The van der Waals surface area contributed by atoms with Gasteiger partial charge in [-0.25, -0.2) is 4.79 Å². The van der Waals surface area contributed by atoms with Crippen molar-refractivity contribution in [3.8, 4) is 0 Å². The third kappa shape index (κ3) is 11.1. The summed E-state index contributed by atoms with van der Waals surface area (Å²) in [4.78, 5) is 14.6. The number of halogens is 2. The van der Waals surface area contributed by atoms with Crippen molar-refractivity contribution in [2.75, 3.05) is 31.5 Å². The van der Waals surface area contributed by atoms with Gasteiger partial charge in [-0.1, -0.05) is 72.3 Å². The summed E-state index contributed by atoms with van der Waals surface area (Å²) in [6.45, 7) is 3.63. The van der Waals surface area contributed by atoms with Crippen molar-refractivity contribution in [2.45, 2.75) is 25.7 Å². The zero-order valence-electron chi connectivity index (χ0n) is 18.9. The van der Waals surface area contributed by atoms with E-state index in [9.17, 15) is 4.79 Å². The van der Waals surface area contributed by atoms with Gasteiger partial charge < -0.3 is 15.5 Å². The van der Waals surface area contributed by atoms with Gasteiger partial charge in [0.1, 0.15) is 0 Å². The Morgan fingerprint density at radius 1 is 0.727 bits per heavy atom. The SMILES string of the molecule is I.O=C(NCCCN(CCCc1ccccc1)CCc1ccc(Cl)cc1)Nc1ccccc1. The smallest absolute Gasteiger partial charge is 0.319 e. The van der Waals surface area contributed by atoms with Gasteiger partial charge in [0.25, 0.3) is 0 Å². The number of carbonyl (C=O) groups excluding carboxylic acids is 1. The zero-order valence-corrected chi connectivity index (χ0v) is 22.0. The van der Waals surface area contributed by atoms with E-state index in [-0.39, 0.29) is 30.0 Å². The maximum Gasteiger partial charge on any atom is 0.319 e. The van der Waals surface area contributed by atoms with E-state index < -0.39 is 0 Å². The second-order valence-corrected chi connectivity index (χ2v) is 8.34. The van der Waals surface area contributed by atoms with E-state index in [1.54, 1.807) is 0 Å². The Balaban J connectivity index is 0.00000385. The molecule has 3 aromatic carbocycles. The quantitative estimate of drug-likeness (QED) is 0.187. The van der Waals surface area contributed by atoms with Crippen molar-refractivity contribution in [3.05, 3.63) is 101 Å². The first kappa shape index (κ1) is 27.2. The predicted molar refractivity (Wildman–Crippen MR) is 150 cm³/mol. The van der Waals surface area contributed by atoms with Crippen molar-refractivity contribution in [2.24, 2.45) is 0 Å². The van der Waals surface area contributed by atoms with Crippen LogP contribution in [0.4, 0.5) is 10.5 Å². The lowest BCUT2D eigenvalue weighted by molar-refractivity contribution is 0.248. The number of anilines is 1. The van der Waals surface area contributed by atoms with E-state index in [4.69, 9.17) is 11.6 Å². The lowest BCUT2D eigenvalue weighted by Crippen LogP contribution is -2.34. The van der Waals surface area contributed by atoms with Crippen LogP contribution in [-0.2, 0) is 12.8 Å². The molecule has 2 amide bonds. The molecule has 0 fully saturated rings. The minimum Gasteiger partial charge on any atom is -0.338 e. The fourth-order valence-corrected chi connectivity index (χ4v) is 3.75. The lowest BCUT2D eigenvalue weighted by Gasteiger charge is -2.22. The van der Waals surface area contributed by atoms with E-state index in [1.165, 1.54) is 11.1 Å². The van der Waals surface area contributed by atoms with Crippen LogP contribution in [0.2, 0.25) is 5.02 Å². The lowest BCUT2D eigenvalue weighted by atomic mass is 10.1. The summed E-state index contributed by atoms with van der Waals surface area (Å²) in [6, 6.07) is 28.1. The normalized spacial score (nSPS) is 10.5. The Labute approximate surface area is 219 Å². The maximum atomic E-state index is 12.1. The van der Waals surface area contributed by atoms with E-state index in [0.717, 1.165) is 56.0 Å². The number of nitrogens with one attached hydrogen (secondary N) is 2. The Morgan fingerprint density at radius 2 is 1.33 bits per heavy atom. The highest BCUT2D eigenvalue weighted by Crippen LogP contribution is 2.11. The predicted octanol–water partition coefficient (Wildman–Crippen LogP) is 6.65. The summed E-state index contributed by atoms with van der Waals surface area (Å²) in [6.07, 6.45) is 4.10. The second kappa shape index (κ2) is 15.7. The van der Waals surface area contributed by atoms with E-state index in [1.807, 2.05) is 42.5 Å². The van der Waals surface area contributed by atoms with Gasteiger partial charge in [0.15, 0.2) is 0 Å². The first-order valence-electron chi connectivity index (χ1n) is 11.3. The number of para-hydroxylation sites is 1. The molecule has 2 N–H and O–H groups in total. The fourth-order valence-electron chi connectivity index (χ4n) is 3.63. The van der Waals surface area contributed by atoms with Gasteiger partial charge >= 0.3 is 6.03 Å². The molecule has 176 valence electrons. The molecule has 0 heterocycles. The third-order valence-electron chi connectivity index (χ3n) is 5.38. The van der Waals surface area contributed by atoms with Gasteiger partial charge in [0.2, 0.25) is 0 Å². The van der Waals surface area contributed by atoms with Crippen LogP contribution in [0.25, 0.3) is 0 Å². The van der Waals surface area contributed by atoms with Gasteiger partial charge in [0.05, 0.1) is 0 Å². The van der Waals surface area contributed by atoms with Crippen molar-refractivity contribution in [1.82, 2.24) is 10.2 Å². The first-order valence-corrected chi connectivity index (χ1v) is 11.7. The van der Waals surface area contributed by atoms with Gasteiger partial charge in [-0.2, -0.15) is 0 Å². The molecule has 0 spiro atoms. The average molecular weight is 578 g/mol. The van der Waals surface area contributed by atoms with Gasteiger partial charge in [-0.05, 0) is 74.2 Å². The van der Waals surface area contributed by atoms with Crippen molar-refractivity contribution < 1.29 is 4.79 Å². The number of amides is 2. The van der Waals surface area contributed by atoms with E-state index >= 15 is 0 Å². The number of aryl methyl sites for hydroxylation is 1. The van der Waals surface area contributed by atoms with E-state index in [0.29, 0.717) is 6.54 Å². The molecule has 33 heavy (non-hydrogen) atoms. The average Bonchev–Trinajstić information content (AvgIpc) is 2.82. The molecule has 0 aliphatic rings. The Bertz CT molecular complexity index is 923. The van der Waals surface area contributed by atoms with Crippen LogP contribution < -0.4 is 10.6 Å². The molecule has 0 atom stereocenters. The molecule has 0 saturated heterocycles.